The number of halogens is 2. The molecule has 3 aromatic carbocycles. The Balaban J connectivity index is 1.46. The van der Waals surface area contributed by atoms with Crippen LogP contribution in [0.4, 0.5) is 4.39 Å². The molecule has 1 atom stereocenters. The predicted molar refractivity (Wildman–Crippen MR) is 139 cm³/mol. The zero-order chi connectivity index (χ0) is 26.6. The van der Waals surface area contributed by atoms with Crippen molar-refractivity contribution < 1.29 is 28.2 Å². The predicted octanol–water partition coefficient (Wildman–Crippen LogP) is 4.67. The summed E-state index contributed by atoms with van der Waals surface area (Å²) in [6, 6.07) is 17.8. The molecule has 0 N–H and O–H groups in total. The summed E-state index contributed by atoms with van der Waals surface area (Å²) in [7, 11) is 1.51. The van der Waals surface area contributed by atoms with Crippen molar-refractivity contribution in [3.63, 3.8) is 0 Å². The maximum atomic E-state index is 14.7. The number of carbonyl (C=O) groups is 2. The number of amides is 2. The smallest absolute Gasteiger partial charge is 0.262 e. The van der Waals surface area contributed by atoms with Gasteiger partial charge in [0.25, 0.3) is 11.8 Å². The standard InChI is InChI=1S/C28H25ClFN3O5/c1-36-13-12-32(28(35)19-6-2-4-8-21(19)29)16-27(34)33-24(18-10-11-25-26(14-18)38-17-37-25)15-23(31-33)20-7-3-5-9-22(20)30/h2-11,14,24H,12-13,15-17H2,1H3/t24-/m1/s1. The first-order valence-corrected chi connectivity index (χ1v) is 12.4. The van der Waals surface area contributed by atoms with Crippen LogP contribution >= 0.6 is 11.6 Å². The van der Waals surface area contributed by atoms with E-state index in [0.717, 1.165) is 5.56 Å². The van der Waals surface area contributed by atoms with E-state index in [1.54, 1.807) is 54.6 Å². The summed E-state index contributed by atoms with van der Waals surface area (Å²) >= 11 is 6.26. The average Bonchev–Trinajstić information content (AvgIpc) is 3.58. The van der Waals surface area contributed by atoms with E-state index in [2.05, 4.69) is 5.10 Å². The van der Waals surface area contributed by atoms with Crippen molar-refractivity contribution in [2.24, 2.45) is 5.10 Å². The number of hydrogen-bond acceptors (Lipinski definition) is 6. The lowest BCUT2D eigenvalue weighted by Gasteiger charge is -2.27. The van der Waals surface area contributed by atoms with Crippen molar-refractivity contribution in [1.29, 1.82) is 0 Å². The van der Waals surface area contributed by atoms with Gasteiger partial charge in [-0.1, -0.05) is 48.0 Å². The third-order valence-corrected chi connectivity index (χ3v) is 6.74. The second-order valence-corrected chi connectivity index (χ2v) is 9.20. The van der Waals surface area contributed by atoms with Gasteiger partial charge in [0.1, 0.15) is 12.4 Å². The number of ether oxygens (including phenoxy) is 3. The lowest BCUT2D eigenvalue weighted by molar-refractivity contribution is -0.133. The highest BCUT2D eigenvalue weighted by Crippen LogP contribution is 2.39. The van der Waals surface area contributed by atoms with Gasteiger partial charge in [-0.05, 0) is 35.9 Å². The second kappa shape index (κ2) is 11.2. The Morgan fingerprint density at radius 2 is 1.87 bits per heavy atom. The molecule has 2 amide bonds. The minimum atomic E-state index is -0.536. The third kappa shape index (κ3) is 5.20. The SMILES string of the molecule is COCCN(CC(=O)N1N=C(c2ccccc2F)C[C@@H]1c1ccc2c(c1)OCO2)C(=O)c1ccccc1Cl. The van der Waals surface area contributed by atoms with Gasteiger partial charge in [0.2, 0.25) is 6.79 Å². The van der Waals surface area contributed by atoms with Crippen molar-refractivity contribution in [2.75, 3.05) is 33.6 Å². The molecule has 2 aliphatic heterocycles. The fraction of sp³-hybridized carbons (Fsp3) is 0.250. The van der Waals surface area contributed by atoms with E-state index in [1.807, 2.05) is 6.07 Å². The Labute approximate surface area is 224 Å². The molecule has 0 saturated carbocycles. The van der Waals surface area contributed by atoms with E-state index in [0.29, 0.717) is 22.8 Å². The van der Waals surface area contributed by atoms with Gasteiger partial charge in [-0.25, -0.2) is 9.40 Å². The van der Waals surface area contributed by atoms with Crippen LogP contribution in [-0.2, 0) is 9.53 Å². The molecule has 0 aromatic heterocycles. The number of methoxy groups -OCH3 is 1. The summed E-state index contributed by atoms with van der Waals surface area (Å²) in [6.45, 7) is 0.224. The highest BCUT2D eigenvalue weighted by atomic mass is 35.5. The van der Waals surface area contributed by atoms with Crippen LogP contribution in [0.5, 0.6) is 11.5 Å². The van der Waals surface area contributed by atoms with Crippen LogP contribution in [0.3, 0.4) is 0 Å². The van der Waals surface area contributed by atoms with Crippen molar-refractivity contribution in [3.05, 3.63) is 94.3 Å². The molecular formula is C28H25ClFN3O5. The van der Waals surface area contributed by atoms with Crippen LogP contribution in [0, 0.1) is 5.82 Å². The molecule has 2 aliphatic rings. The summed E-state index contributed by atoms with van der Waals surface area (Å²) in [6.07, 6.45) is 0.281. The molecule has 38 heavy (non-hydrogen) atoms. The number of nitrogens with zero attached hydrogens (tertiary/aromatic N) is 3. The highest BCUT2D eigenvalue weighted by molar-refractivity contribution is 6.33. The van der Waals surface area contributed by atoms with Gasteiger partial charge < -0.3 is 19.1 Å². The van der Waals surface area contributed by atoms with Gasteiger partial charge in [-0.15, -0.1) is 0 Å². The Morgan fingerprint density at radius 1 is 1.11 bits per heavy atom. The van der Waals surface area contributed by atoms with Crippen LogP contribution in [0.25, 0.3) is 0 Å². The van der Waals surface area contributed by atoms with Crippen LogP contribution in [0.1, 0.15) is 33.9 Å². The number of hydrazone groups is 1. The lowest BCUT2D eigenvalue weighted by Crippen LogP contribution is -2.42. The van der Waals surface area contributed by atoms with E-state index < -0.39 is 23.7 Å². The number of rotatable bonds is 8. The number of benzene rings is 3. The largest absolute Gasteiger partial charge is 0.454 e. The van der Waals surface area contributed by atoms with Crippen molar-refractivity contribution in [3.8, 4) is 11.5 Å². The van der Waals surface area contributed by atoms with E-state index in [4.69, 9.17) is 25.8 Å². The molecule has 0 aliphatic carbocycles. The normalized spacial score (nSPS) is 15.9. The van der Waals surface area contributed by atoms with Crippen LogP contribution in [0.2, 0.25) is 5.02 Å². The average molecular weight is 538 g/mol. The molecule has 0 fully saturated rings. The minimum absolute atomic E-state index is 0.113. The zero-order valence-corrected chi connectivity index (χ0v) is 21.4. The van der Waals surface area contributed by atoms with Crippen molar-refractivity contribution in [1.82, 2.24) is 9.91 Å². The molecule has 5 rings (SSSR count). The summed E-state index contributed by atoms with van der Waals surface area (Å²) in [5.41, 5.74) is 1.78. The molecule has 8 nitrogen and oxygen atoms in total. The van der Waals surface area contributed by atoms with Gasteiger partial charge in [0.15, 0.2) is 11.5 Å². The first kappa shape index (κ1) is 25.7. The Morgan fingerprint density at radius 3 is 2.66 bits per heavy atom. The molecule has 3 aromatic rings. The summed E-state index contributed by atoms with van der Waals surface area (Å²) in [5.74, 6) is -0.102. The molecule has 196 valence electrons. The van der Waals surface area contributed by atoms with E-state index >= 15 is 0 Å². The first-order chi connectivity index (χ1) is 18.5. The van der Waals surface area contributed by atoms with Crippen molar-refractivity contribution >= 4 is 29.1 Å². The monoisotopic (exact) mass is 537 g/mol. The van der Waals surface area contributed by atoms with E-state index in [9.17, 15) is 14.0 Å². The Hall–Kier alpha value is -3.95. The maximum absolute atomic E-state index is 14.7. The fourth-order valence-corrected chi connectivity index (χ4v) is 4.69. The van der Waals surface area contributed by atoms with Gasteiger partial charge in [0, 0.05) is 25.6 Å². The maximum Gasteiger partial charge on any atom is 0.262 e. The van der Waals surface area contributed by atoms with E-state index in [1.165, 1.54) is 23.1 Å². The second-order valence-electron chi connectivity index (χ2n) is 8.80. The molecule has 10 heteroatoms. The molecule has 0 bridgehead atoms. The molecule has 0 saturated heterocycles. The summed E-state index contributed by atoms with van der Waals surface area (Å²) in [5, 5.41) is 6.15. The van der Waals surface area contributed by atoms with Crippen LogP contribution in [-0.4, -0.2) is 61.0 Å². The molecule has 0 spiro atoms. The molecule has 0 unspecified atom stereocenters. The van der Waals surface area contributed by atoms with Crippen molar-refractivity contribution in [2.45, 2.75) is 12.5 Å². The van der Waals surface area contributed by atoms with Gasteiger partial charge in [-0.2, -0.15) is 5.10 Å². The zero-order valence-electron chi connectivity index (χ0n) is 20.6. The number of fused-ring (bicyclic) bond motifs is 1. The van der Waals surface area contributed by atoms with Gasteiger partial charge in [0.05, 0.1) is 28.9 Å². The summed E-state index contributed by atoms with van der Waals surface area (Å²) < 4.78 is 30.8. The van der Waals surface area contributed by atoms with Gasteiger partial charge >= 0.3 is 0 Å². The summed E-state index contributed by atoms with van der Waals surface area (Å²) in [4.78, 5) is 28.4. The topological polar surface area (TPSA) is 80.7 Å². The molecule has 0 radical (unpaired) electrons. The fourth-order valence-electron chi connectivity index (χ4n) is 4.47. The van der Waals surface area contributed by atoms with E-state index in [-0.39, 0.29) is 43.5 Å². The molecular weight excluding hydrogens is 513 g/mol. The Kier molecular flexibility index (Phi) is 7.57. The van der Waals surface area contributed by atoms with Gasteiger partial charge in [-0.3, -0.25) is 9.59 Å². The number of carbonyl (C=O) groups excluding carboxylic acids is 2. The minimum Gasteiger partial charge on any atom is -0.454 e. The highest BCUT2D eigenvalue weighted by Gasteiger charge is 2.36. The Bertz CT molecular complexity index is 1400. The van der Waals surface area contributed by atoms with Crippen LogP contribution in [0.15, 0.2) is 71.8 Å². The number of hydrogen-bond donors (Lipinski definition) is 0. The quantitative estimate of drug-likeness (QED) is 0.417. The first-order valence-electron chi connectivity index (χ1n) is 12.0. The van der Waals surface area contributed by atoms with Crippen LogP contribution < -0.4 is 9.47 Å². The third-order valence-electron chi connectivity index (χ3n) is 6.41. The lowest BCUT2D eigenvalue weighted by atomic mass is 9.97. The molecule has 2 heterocycles.